The fourth-order valence-corrected chi connectivity index (χ4v) is 7.14. The number of quaternary nitrogens is 1. The minimum Gasteiger partial charge on any atom is -0.544 e. The smallest absolute Gasteiger partial charge is 0.306 e. The van der Waals surface area contributed by atoms with Crippen molar-refractivity contribution in [3.8, 4) is 0 Å². The van der Waals surface area contributed by atoms with Crippen molar-refractivity contribution in [3.05, 3.63) is 85.1 Å². The number of carboxylic acid groups (broad SMARTS) is 1. The summed E-state index contributed by atoms with van der Waals surface area (Å²) in [4.78, 5) is 37.1. The van der Waals surface area contributed by atoms with Gasteiger partial charge in [0, 0.05) is 19.3 Å². The number of allylic oxidation sites excluding steroid dienone is 14. The summed E-state index contributed by atoms with van der Waals surface area (Å²) in [6.07, 6.45) is 60.4. The SMILES string of the molecule is CC/C=C/C/C=C/C/C=C/C/C=C/CCCCCCCCCC(=O)OCC(COCCC(C(=O)[O-])[N+](C)(C)C)OC(=O)CCCCCCCCCCCC/C=C/C/C=C/C/C=C/CC. The van der Waals surface area contributed by atoms with E-state index in [0.29, 0.717) is 12.8 Å². The first kappa shape index (κ1) is 60.5. The molecule has 0 aliphatic carbocycles. The Balaban J connectivity index is 4.28. The van der Waals surface area contributed by atoms with Gasteiger partial charge in [0.25, 0.3) is 0 Å². The molecule has 2 unspecified atom stereocenters. The summed E-state index contributed by atoms with van der Waals surface area (Å²) in [5, 5.41) is 11.7. The topological polar surface area (TPSA) is 102 Å². The first-order chi connectivity index (χ1) is 31.1. The van der Waals surface area contributed by atoms with Crippen molar-refractivity contribution in [3.63, 3.8) is 0 Å². The Morgan fingerprint density at radius 3 is 1.22 bits per heavy atom. The number of ether oxygens (including phenoxy) is 3. The third kappa shape index (κ3) is 43.7. The van der Waals surface area contributed by atoms with Crippen molar-refractivity contribution < 1.29 is 38.2 Å². The molecular weight excluding hydrogens is 799 g/mol. The van der Waals surface area contributed by atoms with Gasteiger partial charge in [-0.25, -0.2) is 0 Å². The van der Waals surface area contributed by atoms with Gasteiger partial charge in [-0.3, -0.25) is 9.59 Å². The molecule has 0 spiro atoms. The molecule has 0 saturated heterocycles. The number of carboxylic acids is 1. The molecule has 0 aliphatic rings. The van der Waals surface area contributed by atoms with Gasteiger partial charge in [-0.1, -0.05) is 182 Å². The standard InChI is InChI=1S/C56H95NO7/c1-6-8-10-12-14-16-18-20-22-24-26-28-30-32-34-36-38-40-42-44-46-54(58)63-51-52(50-62-49-48-53(56(60)61)57(3,4)5)64-55(59)47-45-43-41-39-37-35-33-31-29-27-25-23-21-19-17-15-13-11-9-7-2/h8-11,14-17,20-23,26,28,52-53H,6-7,12-13,18-19,24-25,27,29-51H2,1-5H3/b10-8+,11-9+,16-14+,17-15+,22-20+,23-21+,28-26+. The summed E-state index contributed by atoms with van der Waals surface area (Å²) in [6.45, 7) is 4.43. The van der Waals surface area contributed by atoms with Gasteiger partial charge in [0.05, 0.1) is 40.3 Å². The maximum atomic E-state index is 12.8. The summed E-state index contributed by atoms with van der Waals surface area (Å²) in [5.41, 5.74) is 0. The molecule has 0 heterocycles. The van der Waals surface area contributed by atoms with Gasteiger partial charge in [-0.05, 0) is 83.5 Å². The third-order valence-electron chi connectivity index (χ3n) is 11.0. The molecule has 2 atom stereocenters. The average Bonchev–Trinajstić information content (AvgIpc) is 3.26. The van der Waals surface area contributed by atoms with Crippen molar-refractivity contribution in [1.82, 2.24) is 0 Å². The lowest BCUT2D eigenvalue weighted by atomic mass is 10.0. The van der Waals surface area contributed by atoms with Crippen LogP contribution in [0.2, 0.25) is 0 Å². The normalized spacial score (nSPS) is 13.6. The van der Waals surface area contributed by atoms with Gasteiger partial charge in [0.1, 0.15) is 12.6 Å². The number of carbonyl (C=O) groups excluding carboxylic acids is 3. The van der Waals surface area contributed by atoms with Gasteiger partial charge >= 0.3 is 11.9 Å². The minimum absolute atomic E-state index is 0.0317. The number of rotatable bonds is 45. The van der Waals surface area contributed by atoms with Gasteiger partial charge in [0.15, 0.2) is 6.10 Å². The summed E-state index contributed by atoms with van der Waals surface area (Å²) < 4.78 is 17.2. The fourth-order valence-electron chi connectivity index (χ4n) is 7.14. The van der Waals surface area contributed by atoms with Crippen molar-refractivity contribution in [2.45, 2.75) is 212 Å². The summed E-state index contributed by atoms with van der Waals surface area (Å²) in [7, 11) is 5.41. The van der Waals surface area contributed by atoms with Gasteiger partial charge in [-0.2, -0.15) is 0 Å². The maximum absolute atomic E-state index is 12.8. The zero-order chi connectivity index (χ0) is 47.0. The largest absolute Gasteiger partial charge is 0.544 e. The number of aliphatic carboxylic acids is 1. The van der Waals surface area contributed by atoms with Gasteiger partial charge in [-0.15, -0.1) is 0 Å². The Morgan fingerprint density at radius 2 is 0.828 bits per heavy atom. The van der Waals surface area contributed by atoms with Crippen LogP contribution in [0, 0.1) is 0 Å². The summed E-state index contributed by atoms with van der Waals surface area (Å²) >= 11 is 0. The molecule has 0 aromatic rings. The first-order valence-corrected chi connectivity index (χ1v) is 25.6. The fraction of sp³-hybridized carbons (Fsp3) is 0.696. The van der Waals surface area contributed by atoms with Gasteiger partial charge in [0.2, 0.25) is 0 Å². The highest BCUT2D eigenvalue weighted by molar-refractivity contribution is 5.70. The molecule has 0 rings (SSSR count). The molecule has 0 amide bonds. The predicted octanol–water partition coefficient (Wildman–Crippen LogP) is 13.5. The molecule has 0 radical (unpaired) electrons. The van der Waals surface area contributed by atoms with Crippen LogP contribution in [0.25, 0.3) is 0 Å². The van der Waals surface area contributed by atoms with E-state index in [-0.39, 0.29) is 42.7 Å². The molecule has 366 valence electrons. The van der Waals surface area contributed by atoms with Crippen LogP contribution in [0.5, 0.6) is 0 Å². The number of carbonyl (C=O) groups is 3. The van der Waals surface area contributed by atoms with Gasteiger partial charge < -0.3 is 28.6 Å². The van der Waals surface area contributed by atoms with Crippen LogP contribution in [0.15, 0.2) is 85.1 Å². The quantitative estimate of drug-likeness (QED) is 0.0260. The summed E-state index contributed by atoms with van der Waals surface area (Å²) in [5.74, 6) is -1.76. The van der Waals surface area contributed by atoms with Crippen LogP contribution < -0.4 is 5.11 Å². The van der Waals surface area contributed by atoms with E-state index in [0.717, 1.165) is 89.9 Å². The van der Waals surface area contributed by atoms with Crippen LogP contribution in [-0.2, 0) is 28.6 Å². The number of nitrogens with zero attached hydrogens (tertiary/aromatic N) is 1. The monoisotopic (exact) mass is 894 g/mol. The van der Waals surface area contributed by atoms with E-state index in [1.54, 1.807) is 21.1 Å². The first-order valence-electron chi connectivity index (χ1n) is 25.6. The Bertz CT molecular complexity index is 1320. The van der Waals surface area contributed by atoms with E-state index in [1.165, 1.54) is 77.0 Å². The number of likely N-dealkylation sites (N-methyl/N-ethyl adjacent to an activating group) is 1. The molecule has 0 N–H and O–H groups in total. The molecule has 64 heavy (non-hydrogen) atoms. The summed E-state index contributed by atoms with van der Waals surface area (Å²) in [6, 6.07) is -0.733. The molecule has 8 nitrogen and oxygen atoms in total. The highest BCUT2D eigenvalue weighted by atomic mass is 16.6. The van der Waals surface area contributed by atoms with E-state index in [9.17, 15) is 19.5 Å². The Hall–Kier alpha value is -3.49. The van der Waals surface area contributed by atoms with Crippen LogP contribution in [0.3, 0.4) is 0 Å². The van der Waals surface area contributed by atoms with E-state index < -0.39 is 18.1 Å². The van der Waals surface area contributed by atoms with Crippen LogP contribution in [0.1, 0.15) is 200 Å². The predicted molar refractivity (Wildman–Crippen MR) is 268 cm³/mol. The Kier molecular flexibility index (Phi) is 43.5. The van der Waals surface area contributed by atoms with Crippen molar-refractivity contribution >= 4 is 17.9 Å². The molecule has 0 bridgehead atoms. The molecule has 0 fully saturated rings. The molecule has 8 heteroatoms. The Labute approximate surface area is 393 Å². The highest BCUT2D eigenvalue weighted by Crippen LogP contribution is 2.15. The molecule has 0 aromatic carbocycles. The number of esters is 2. The van der Waals surface area contributed by atoms with Crippen LogP contribution in [0.4, 0.5) is 0 Å². The van der Waals surface area contributed by atoms with E-state index in [2.05, 4.69) is 98.9 Å². The molecule has 0 aliphatic heterocycles. The van der Waals surface area contributed by atoms with Crippen molar-refractivity contribution in [2.75, 3.05) is 41.0 Å². The highest BCUT2D eigenvalue weighted by Gasteiger charge is 2.25. The average molecular weight is 894 g/mol. The Morgan fingerprint density at radius 1 is 0.469 bits per heavy atom. The van der Waals surface area contributed by atoms with Crippen LogP contribution in [-0.4, -0.2) is 75.5 Å². The van der Waals surface area contributed by atoms with E-state index in [1.807, 2.05) is 0 Å². The second kappa shape index (κ2) is 46.1. The zero-order valence-corrected chi connectivity index (χ0v) is 41.7. The van der Waals surface area contributed by atoms with Crippen molar-refractivity contribution in [2.24, 2.45) is 0 Å². The molecular formula is C56H95NO7. The van der Waals surface area contributed by atoms with Crippen molar-refractivity contribution in [1.29, 1.82) is 0 Å². The third-order valence-corrected chi connectivity index (χ3v) is 11.0. The van der Waals surface area contributed by atoms with Crippen LogP contribution >= 0.6 is 0 Å². The minimum atomic E-state index is -1.13. The number of hydrogen-bond acceptors (Lipinski definition) is 7. The molecule has 0 aromatic heterocycles. The lowest BCUT2D eigenvalue weighted by Crippen LogP contribution is -2.55. The lowest BCUT2D eigenvalue weighted by molar-refractivity contribution is -0.889. The number of unbranched alkanes of at least 4 members (excludes halogenated alkanes) is 17. The van der Waals surface area contributed by atoms with E-state index >= 15 is 0 Å². The van der Waals surface area contributed by atoms with E-state index in [4.69, 9.17) is 14.2 Å². The second-order valence-corrected chi connectivity index (χ2v) is 18.0. The number of hydrogen-bond donors (Lipinski definition) is 0. The lowest BCUT2D eigenvalue weighted by Gasteiger charge is -2.34. The molecule has 0 saturated carbocycles. The maximum Gasteiger partial charge on any atom is 0.306 e. The zero-order valence-electron chi connectivity index (χ0n) is 41.7. The second-order valence-electron chi connectivity index (χ2n) is 18.0.